The lowest BCUT2D eigenvalue weighted by molar-refractivity contribution is -0.870. The molecule has 0 aromatic carbocycles. The zero-order chi connectivity index (χ0) is 14.7. The van der Waals surface area contributed by atoms with E-state index in [0.29, 0.717) is 13.2 Å². The smallest absolute Gasteiger partial charge is 0.327 e. The van der Waals surface area contributed by atoms with Gasteiger partial charge in [-0.3, -0.25) is 9.05 Å². The second-order valence-corrected chi connectivity index (χ2v) is 6.66. The van der Waals surface area contributed by atoms with Crippen molar-refractivity contribution in [2.75, 3.05) is 68.6 Å². The molecular weight excluding hydrogens is 274 g/mol. The van der Waals surface area contributed by atoms with Crippen LogP contribution in [-0.2, 0) is 18.2 Å². The second kappa shape index (κ2) is 10.9. The fourth-order valence-electron chi connectivity index (χ4n) is 0.704. The zero-order valence-corrected chi connectivity index (χ0v) is 14.0. The van der Waals surface area contributed by atoms with Gasteiger partial charge < -0.3 is 8.97 Å². The van der Waals surface area contributed by atoms with Crippen LogP contribution in [0.4, 0.5) is 0 Å². The van der Waals surface area contributed by atoms with E-state index in [1.54, 1.807) is 0 Å². The van der Waals surface area contributed by atoms with Gasteiger partial charge in [0.05, 0.1) is 42.3 Å². The van der Waals surface area contributed by atoms with Gasteiger partial charge in [0.15, 0.2) is 0 Å². The summed E-state index contributed by atoms with van der Waals surface area (Å²) in [5.74, 6) is 0. The molecule has 0 aliphatic heterocycles. The van der Waals surface area contributed by atoms with Gasteiger partial charge >= 0.3 is 17.4 Å². The number of likely N-dealkylation sites (N-methyl/N-ethyl adjacent to an activating group) is 2. The highest BCUT2D eigenvalue weighted by Crippen LogP contribution is 1.96. The third kappa shape index (κ3) is 25.0. The fraction of sp³-hybridized carbons (Fsp3) is 1.00. The van der Waals surface area contributed by atoms with Gasteiger partial charge in [-0.15, -0.1) is 0 Å². The van der Waals surface area contributed by atoms with Crippen LogP contribution in [0, 0.1) is 0 Å². The Labute approximate surface area is 114 Å². The molecule has 0 saturated carbocycles. The molecule has 6 nitrogen and oxygen atoms in total. The van der Waals surface area contributed by atoms with Crippen LogP contribution in [0.15, 0.2) is 0 Å². The van der Waals surface area contributed by atoms with Crippen LogP contribution >= 0.6 is 17.4 Å². The Balaban J connectivity index is 0. The van der Waals surface area contributed by atoms with Gasteiger partial charge in [-0.05, 0) is 0 Å². The molecule has 0 N–H and O–H groups in total. The molecule has 0 aromatic heterocycles. The summed E-state index contributed by atoms with van der Waals surface area (Å²) in [6.07, 6.45) is 0. The van der Waals surface area contributed by atoms with E-state index in [4.69, 9.17) is 0 Å². The number of hydrogen-bond donors (Lipinski definition) is 0. The van der Waals surface area contributed by atoms with Gasteiger partial charge in [0.1, 0.15) is 26.3 Å². The van der Waals surface area contributed by atoms with E-state index >= 15 is 0 Å². The molecule has 0 unspecified atom stereocenters. The maximum Gasteiger partial charge on any atom is 0.327 e. The van der Waals surface area contributed by atoms with E-state index in [9.17, 15) is 9.13 Å². The van der Waals surface area contributed by atoms with Crippen LogP contribution in [0.5, 0.6) is 0 Å². The first-order valence-corrected chi connectivity index (χ1v) is 7.08. The molecule has 0 spiro atoms. The maximum atomic E-state index is 9.76. The molecular formula is C10H26N2O4P2+2. The normalized spacial score (nSPS) is 12.3. The molecule has 8 heteroatoms. The third-order valence-corrected chi connectivity index (χ3v) is 2.39. The molecule has 0 rings (SSSR count). The van der Waals surface area contributed by atoms with Crippen molar-refractivity contribution in [2.45, 2.75) is 0 Å². The molecule has 108 valence electrons. The van der Waals surface area contributed by atoms with E-state index in [1.807, 2.05) is 0 Å². The number of rotatable bonds is 8. The standard InChI is InChI=1S/2C5H13NO2P/c2*1-6(2,3)4-5-8-9-7/h2*4-5H2,1-3H3/q2*+1. The average molecular weight is 300 g/mol. The quantitative estimate of drug-likeness (QED) is 0.390. The fourth-order valence-corrected chi connectivity index (χ4v) is 1.02. The first-order valence-electron chi connectivity index (χ1n) is 5.62. The first-order chi connectivity index (χ1) is 8.12. The van der Waals surface area contributed by atoms with E-state index in [-0.39, 0.29) is 17.4 Å². The van der Waals surface area contributed by atoms with E-state index in [2.05, 4.69) is 51.3 Å². The van der Waals surface area contributed by atoms with Crippen molar-refractivity contribution in [1.82, 2.24) is 0 Å². The van der Waals surface area contributed by atoms with E-state index in [0.717, 1.165) is 22.1 Å². The van der Waals surface area contributed by atoms with Crippen LogP contribution in [0.1, 0.15) is 0 Å². The van der Waals surface area contributed by atoms with Crippen molar-refractivity contribution in [3.63, 3.8) is 0 Å². The van der Waals surface area contributed by atoms with Crippen LogP contribution in [0.3, 0.4) is 0 Å². The van der Waals surface area contributed by atoms with Crippen molar-refractivity contribution >= 4 is 17.4 Å². The molecule has 0 amide bonds. The molecule has 0 fully saturated rings. The Morgan fingerprint density at radius 3 is 1.17 bits per heavy atom. The van der Waals surface area contributed by atoms with Crippen molar-refractivity contribution < 1.29 is 27.1 Å². The Kier molecular flexibility index (Phi) is 12.3. The Morgan fingerprint density at radius 2 is 1.00 bits per heavy atom. The lowest BCUT2D eigenvalue weighted by atomic mass is 10.5. The van der Waals surface area contributed by atoms with Crippen LogP contribution in [0.2, 0.25) is 0 Å². The molecule has 0 aliphatic carbocycles. The molecule has 0 heterocycles. The summed E-state index contributed by atoms with van der Waals surface area (Å²) in [7, 11) is 11.9. The lowest BCUT2D eigenvalue weighted by Crippen LogP contribution is -2.37. The topological polar surface area (TPSA) is 52.6 Å². The number of nitrogens with zero attached hydrogens (tertiary/aromatic N) is 2. The highest BCUT2D eigenvalue weighted by molar-refractivity contribution is 7.17. The highest BCUT2D eigenvalue weighted by atomic mass is 31.1. The molecule has 0 bridgehead atoms. The third-order valence-electron chi connectivity index (χ3n) is 1.81. The van der Waals surface area contributed by atoms with Crippen molar-refractivity contribution in [2.24, 2.45) is 0 Å². The average Bonchev–Trinajstić information content (AvgIpc) is 2.16. The molecule has 0 aromatic rings. The van der Waals surface area contributed by atoms with Crippen LogP contribution < -0.4 is 0 Å². The summed E-state index contributed by atoms with van der Waals surface area (Å²) < 4.78 is 30.4. The minimum Gasteiger partial charge on any atom is -0.329 e. The first kappa shape index (κ1) is 20.4. The van der Waals surface area contributed by atoms with Gasteiger partial charge in [0.2, 0.25) is 0 Å². The van der Waals surface area contributed by atoms with Crippen molar-refractivity contribution in [3.05, 3.63) is 0 Å². The van der Waals surface area contributed by atoms with Crippen molar-refractivity contribution in [3.8, 4) is 0 Å². The Bertz CT molecular complexity index is 203. The Morgan fingerprint density at radius 1 is 0.722 bits per heavy atom. The van der Waals surface area contributed by atoms with E-state index in [1.165, 1.54) is 0 Å². The molecule has 0 atom stereocenters. The van der Waals surface area contributed by atoms with Gasteiger partial charge in [0, 0.05) is 0 Å². The zero-order valence-electron chi connectivity index (χ0n) is 12.3. The summed E-state index contributed by atoms with van der Waals surface area (Å²) in [4.78, 5) is 0. The van der Waals surface area contributed by atoms with E-state index < -0.39 is 0 Å². The summed E-state index contributed by atoms with van der Waals surface area (Å²) in [6, 6.07) is 0. The summed E-state index contributed by atoms with van der Waals surface area (Å²) in [6.45, 7) is 2.87. The summed E-state index contributed by atoms with van der Waals surface area (Å²) in [5, 5.41) is 0. The summed E-state index contributed by atoms with van der Waals surface area (Å²) in [5.41, 5.74) is 0. The Hall–Kier alpha value is 0.0400. The van der Waals surface area contributed by atoms with Crippen molar-refractivity contribution in [1.29, 1.82) is 0 Å². The van der Waals surface area contributed by atoms with Crippen LogP contribution in [-0.4, -0.2) is 77.6 Å². The molecule has 18 heavy (non-hydrogen) atoms. The van der Waals surface area contributed by atoms with Crippen LogP contribution in [0.25, 0.3) is 0 Å². The summed E-state index contributed by atoms with van der Waals surface area (Å²) >= 11 is 0. The number of hydrogen-bond acceptors (Lipinski definition) is 4. The predicted molar refractivity (Wildman–Crippen MR) is 72.9 cm³/mol. The number of quaternary nitrogens is 2. The SMILES string of the molecule is C[N+](C)(C)CCOP=O.C[N+](C)(C)CCOP=O. The molecule has 0 radical (unpaired) electrons. The maximum absolute atomic E-state index is 9.76. The minimum absolute atomic E-state index is 0.217. The van der Waals surface area contributed by atoms with Gasteiger partial charge in [0.25, 0.3) is 0 Å². The lowest BCUT2D eigenvalue weighted by Gasteiger charge is -2.22. The second-order valence-electron chi connectivity index (χ2n) is 5.84. The predicted octanol–water partition coefficient (Wildman–Crippen LogP) is 1.83. The molecule has 0 saturated heterocycles. The van der Waals surface area contributed by atoms with Gasteiger partial charge in [-0.25, -0.2) is 9.13 Å². The van der Waals surface area contributed by atoms with Gasteiger partial charge in [-0.2, -0.15) is 0 Å². The highest BCUT2D eigenvalue weighted by Gasteiger charge is 2.05. The minimum atomic E-state index is -0.217. The molecule has 0 aliphatic rings. The largest absolute Gasteiger partial charge is 0.329 e. The monoisotopic (exact) mass is 300 g/mol. The van der Waals surface area contributed by atoms with Gasteiger partial charge in [-0.1, -0.05) is 0 Å².